The van der Waals surface area contributed by atoms with Crippen LogP contribution in [0.15, 0.2) is 0 Å². The Balaban J connectivity index is 1.72. The third-order valence-corrected chi connectivity index (χ3v) is 9.41. The van der Waals surface area contributed by atoms with E-state index in [0.717, 1.165) is 12.8 Å². The largest absolute Gasteiger partial charge is 0.390 e. The summed E-state index contributed by atoms with van der Waals surface area (Å²) in [6.45, 7) is 6.03. The number of Topliss-reactive ketones (excluding diaryl/α,β-unsaturated/α-hetero) is 2. The van der Waals surface area contributed by atoms with Crippen LogP contribution in [0.2, 0.25) is 0 Å². The first-order valence-corrected chi connectivity index (χ1v) is 10.7. The van der Waals surface area contributed by atoms with Crippen molar-refractivity contribution >= 4 is 11.6 Å². The Morgan fingerprint density at radius 3 is 2.48 bits per heavy atom. The Kier molecular flexibility index (Phi) is 4.42. The molecule has 4 aliphatic rings. The van der Waals surface area contributed by atoms with Gasteiger partial charge in [-0.2, -0.15) is 0 Å². The number of hydrogen-bond donors (Lipinski definition) is 3. The number of aliphatic hydroxyl groups is 3. The zero-order valence-electron chi connectivity index (χ0n) is 16.8. The summed E-state index contributed by atoms with van der Waals surface area (Å²) in [5.41, 5.74) is -1.84. The SMILES string of the molecule is CCC(=O)[C@H]1CC[C@@]2(O)C3CC(=O)[C@@H]4C[C@@H](O)[C@@H](O)C[C@]4(C)C3CC[C@]12C. The minimum Gasteiger partial charge on any atom is -0.390 e. The fraction of sp³-hybridized carbons (Fsp3) is 0.909. The van der Waals surface area contributed by atoms with Crippen molar-refractivity contribution in [2.24, 2.45) is 34.5 Å². The lowest BCUT2D eigenvalue weighted by atomic mass is 9.42. The molecule has 0 aliphatic heterocycles. The van der Waals surface area contributed by atoms with Crippen molar-refractivity contribution in [2.45, 2.75) is 89.9 Å². The molecular formula is C22H34O5. The number of hydrogen-bond acceptors (Lipinski definition) is 5. The Hall–Kier alpha value is -0.780. The predicted octanol–water partition coefficient (Wildman–Crippen LogP) is 2.25. The molecule has 4 saturated carbocycles. The summed E-state index contributed by atoms with van der Waals surface area (Å²) in [7, 11) is 0. The molecule has 4 rings (SSSR count). The van der Waals surface area contributed by atoms with E-state index in [1.807, 2.05) is 6.92 Å². The van der Waals surface area contributed by atoms with E-state index in [0.29, 0.717) is 38.5 Å². The molecular weight excluding hydrogens is 344 g/mol. The number of aliphatic hydroxyl groups excluding tert-OH is 2. The summed E-state index contributed by atoms with van der Waals surface area (Å²) in [4.78, 5) is 25.6. The highest BCUT2D eigenvalue weighted by atomic mass is 16.3. The molecule has 0 aromatic carbocycles. The van der Waals surface area contributed by atoms with Crippen molar-refractivity contribution in [3.63, 3.8) is 0 Å². The standard InChI is InChI=1S/C22H34O5/c1-4-16(23)13-6-8-22(27)14-9-17(24)15-10-18(25)19(26)11-20(15,2)12(14)5-7-21(13,22)3/h12-15,18-19,25-27H,4-11H2,1-3H3/t12?,13-,14?,15+,18-,19+,20-,21-,22-/m1/s1. The van der Waals surface area contributed by atoms with E-state index in [2.05, 4.69) is 13.8 Å². The lowest BCUT2D eigenvalue weighted by Gasteiger charge is -2.63. The van der Waals surface area contributed by atoms with Crippen LogP contribution in [0.5, 0.6) is 0 Å². The number of rotatable bonds is 2. The molecule has 0 spiro atoms. The van der Waals surface area contributed by atoms with Crippen molar-refractivity contribution < 1.29 is 24.9 Å². The van der Waals surface area contributed by atoms with Crippen LogP contribution in [0.4, 0.5) is 0 Å². The van der Waals surface area contributed by atoms with Crippen molar-refractivity contribution in [1.82, 2.24) is 0 Å². The molecule has 4 fully saturated rings. The predicted molar refractivity (Wildman–Crippen MR) is 99.8 cm³/mol. The van der Waals surface area contributed by atoms with Crippen LogP contribution in [-0.2, 0) is 9.59 Å². The number of fused-ring (bicyclic) bond motifs is 5. The van der Waals surface area contributed by atoms with Crippen molar-refractivity contribution in [1.29, 1.82) is 0 Å². The smallest absolute Gasteiger partial charge is 0.137 e. The highest BCUT2D eigenvalue weighted by Gasteiger charge is 2.69. The summed E-state index contributed by atoms with van der Waals surface area (Å²) in [6, 6.07) is 0. The van der Waals surface area contributed by atoms with Crippen LogP contribution in [0.1, 0.15) is 72.1 Å². The number of ketones is 2. The summed E-state index contributed by atoms with van der Waals surface area (Å²) < 4.78 is 0. The molecule has 0 saturated heterocycles. The second kappa shape index (κ2) is 6.11. The monoisotopic (exact) mass is 378 g/mol. The van der Waals surface area contributed by atoms with E-state index in [4.69, 9.17) is 0 Å². The summed E-state index contributed by atoms with van der Waals surface area (Å²) >= 11 is 0. The van der Waals surface area contributed by atoms with E-state index < -0.39 is 23.2 Å². The van der Waals surface area contributed by atoms with Crippen LogP contribution >= 0.6 is 0 Å². The fourth-order valence-electron chi connectivity index (χ4n) is 7.79. The minimum absolute atomic E-state index is 0.118. The molecule has 3 N–H and O–H groups in total. The van der Waals surface area contributed by atoms with Crippen molar-refractivity contribution in [3.8, 4) is 0 Å². The van der Waals surface area contributed by atoms with Gasteiger partial charge in [0.05, 0.1) is 17.8 Å². The Labute approximate surface area is 161 Å². The summed E-state index contributed by atoms with van der Waals surface area (Å²) in [5, 5.41) is 32.4. The van der Waals surface area contributed by atoms with Gasteiger partial charge in [-0.25, -0.2) is 0 Å². The van der Waals surface area contributed by atoms with Gasteiger partial charge >= 0.3 is 0 Å². The van der Waals surface area contributed by atoms with Crippen LogP contribution in [0.25, 0.3) is 0 Å². The Morgan fingerprint density at radius 2 is 1.81 bits per heavy atom. The summed E-state index contributed by atoms with van der Waals surface area (Å²) in [6.07, 6.45) is 2.88. The Bertz CT molecular complexity index is 661. The van der Waals surface area contributed by atoms with Crippen LogP contribution in [0, 0.1) is 34.5 Å². The second-order valence-electron chi connectivity index (χ2n) is 10.3. The van der Waals surface area contributed by atoms with Crippen LogP contribution in [0.3, 0.4) is 0 Å². The molecule has 0 radical (unpaired) electrons. The van der Waals surface area contributed by atoms with Gasteiger partial charge in [0.1, 0.15) is 11.6 Å². The zero-order valence-corrected chi connectivity index (χ0v) is 16.8. The van der Waals surface area contributed by atoms with Gasteiger partial charge in [-0.1, -0.05) is 20.8 Å². The third kappa shape index (κ3) is 2.40. The van der Waals surface area contributed by atoms with E-state index in [1.165, 1.54) is 0 Å². The average molecular weight is 379 g/mol. The van der Waals surface area contributed by atoms with Crippen LogP contribution in [-0.4, -0.2) is 44.7 Å². The first-order chi connectivity index (χ1) is 12.6. The molecule has 0 heterocycles. The first-order valence-electron chi connectivity index (χ1n) is 10.7. The van der Waals surface area contributed by atoms with Crippen LogP contribution < -0.4 is 0 Å². The maximum atomic E-state index is 13.1. The van der Waals surface area contributed by atoms with E-state index in [-0.39, 0.29) is 40.7 Å². The molecule has 0 bridgehead atoms. The lowest BCUT2D eigenvalue weighted by Crippen LogP contribution is -2.65. The fourth-order valence-corrected chi connectivity index (χ4v) is 7.79. The van der Waals surface area contributed by atoms with Crippen molar-refractivity contribution in [3.05, 3.63) is 0 Å². The summed E-state index contributed by atoms with van der Waals surface area (Å²) in [5.74, 6) is -0.00705. The molecule has 4 aliphatic carbocycles. The normalized spacial score (nSPS) is 54.8. The second-order valence-corrected chi connectivity index (χ2v) is 10.3. The quantitative estimate of drug-likeness (QED) is 0.685. The van der Waals surface area contributed by atoms with E-state index in [1.54, 1.807) is 0 Å². The maximum absolute atomic E-state index is 13.1. The Morgan fingerprint density at radius 1 is 1.11 bits per heavy atom. The first kappa shape index (κ1) is 19.5. The third-order valence-electron chi connectivity index (χ3n) is 9.41. The van der Waals surface area contributed by atoms with Gasteiger partial charge in [0.15, 0.2) is 0 Å². The number of carbonyl (C=O) groups excluding carboxylic acids is 2. The van der Waals surface area contributed by atoms with E-state index in [9.17, 15) is 24.9 Å². The lowest BCUT2D eigenvalue weighted by molar-refractivity contribution is -0.216. The minimum atomic E-state index is -0.990. The highest BCUT2D eigenvalue weighted by Crippen LogP contribution is 2.68. The molecule has 0 aromatic rings. The molecule has 27 heavy (non-hydrogen) atoms. The molecule has 0 aromatic heterocycles. The van der Waals surface area contributed by atoms with Gasteiger partial charge in [0.25, 0.3) is 0 Å². The van der Waals surface area contributed by atoms with Gasteiger partial charge in [0.2, 0.25) is 0 Å². The molecule has 5 heteroatoms. The molecule has 0 amide bonds. The molecule has 9 atom stereocenters. The number of carbonyl (C=O) groups is 2. The van der Waals surface area contributed by atoms with Gasteiger partial charge < -0.3 is 15.3 Å². The molecule has 2 unspecified atom stereocenters. The topological polar surface area (TPSA) is 94.8 Å². The van der Waals surface area contributed by atoms with Gasteiger partial charge in [-0.15, -0.1) is 0 Å². The van der Waals surface area contributed by atoms with Crippen molar-refractivity contribution in [2.75, 3.05) is 0 Å². The van der Waals surface area contributed by atoms with Gasteiger partial charge in [-0.3, -0.25) is 9.59 Å². The molecule has 5 nitrogen and oxygen atoms in total. The maximum Gasteiger partial charge on any atom is 0.137 e. The molecule has 152 valence electrons. The highest BCUT2D eigenvalue weighted by molar-refractivity contribution is 5.84. The average Bonchev–Trinajstić information content (AvgIpc) is 2.89. The zero-order chi connectivity index (χ0) is 19.8. The van der Waals surface area contributed by atoms with E-state index >= 15 is 0 Å². The van der Waals surface area contributed by atoms with Gasteiger partial charge in [0, 0.05) is 30.1 Å². The van der Waals surface area contributed by atoms with Gasteiger partial charge in [-0.05, 0) is 55.8 Å².